The minimum Gasteiger partial charge on any atom is -0.396 e. The molecule has 0 aromatic carbocycles. The molecule has 0 unspecified atom stereocenters. The van der Waals surface area contributed by atoms with Gasteiger partial charge in [0.05, 0.1) is 6.04 Å². The lowest BCUT2D eigenvalue weighted by Crippen LogP contribution is -2.32. The molecule has 0 bridgehead atoms. The van der Waals surface area contributed by atoms with Gasteiger partial charge in [0.2, 0.25) is 0 Å². The zero-order valence-corrected chi connectivity index (χ0v) is 5.63. The number of aliphatic hydroxyl groups excluding tert-OH is 1. The summed E-state index contributed by atoms with van der Waals surface area (Å²) in [5.74, 6) is 0. The van der Waals surface area contributed by atoms with Gasteiger partial charge in [0, 0.05) is 6.61 Å². The molecule has 4 heteroatoms. The Morgan fingerprint density at radius 2 is 2.40 bits per heavy atom. The highest BCUT2D eigenvalue weighted by molar-refractivity contribution is 5.73. The first-order valence-corrected chi connectivity index (χ1v) is 2.86. The predicted molar refractivity (Wildman–Crippen MR) is 37.9 cm³/mol. The van der Waals surface area contributed by atoms with Crippen molar-refractivity contribution in [1.82, 2.24) is 5.32 Å². The number of carbonyl (C=O) groups excluding carboxylic acids is 1. The van der Waals surface area contributed by atoms with E-state index in [1.54, 1.807) is 0 Å². The number of carbonyl (C=O) groups is 1. The molecule has 57 valence electrons. The Kier molecular flexibility index (Phi) is 4.32. The van der Waals surface area contributed by atoms with Gasteiger partial charge >= 0.3 is 6.03 Å². The van der Waals surface area contributed by atoms with E-state index in [0.29, 0.717) is 12.5 Å². The maximum absolute atomic E-state index is 10.2. The van der Waals surface area contributed by atoms with Crippen molar-refractivity contribution in [3.8, 4) is 0 Å². The van der Waals surface area contributed by atoms with Crippen LogP contribution in [-0.2, 0) is 0 Å². The summed E-state index contributed by atoms with van der Waals surface area (Å²) in [6, 6.07) is -0.0987. The highest BCUT2D eigenvalue weighted by atomic mass is 16.3. The number of hydrogen-bond donors (Lipinski definition) is 3. The van der Waals surface area contributed by atoms with Crippen molar-refractivity contribution in [2.45, 2.75) is 6.42 Å². The van der Waals surface area contributed by atoms with Gasteiger partial charge in [0.15, 0.2) is 0 Å². The topological polar surface area (TPSA) is 75.3 Å². The van der Waals surface area contributed by atoms with Gasteiger partial charge in [-0.05, 0) is 6.42 Å². The lowest BCUT2D eigenvalue weighted by atomic mass is 10.2. The van der Waals surface area contributed by atoms with E-state index in [1.165, 1.54) is 6.08 Å². The molecule has 0 rings (SSSR count). The first kappa shape index (κ1) is 8.97. The molecule has 0 aliphatic heterocycles. The fraction of sp³-hybridized carbons (Fsp3) is 0.333. The highest BCUT2D eigenvalue weighted by Gasteiger charge is 2.04. The number of nitrogens with two attached hydrogens (primary N) is 1. The second kappa shape index (κ2) is 4.81. The van der Waals surface area contributed by atoms with Crippen LogP contribution in [0.3, 0.4) is 0 Å². The molecule has 0 aromatic heterocycles. The van der Waals surface area contributed by atoms with Gasteiger partial charge in [0.25, 0.3) is 0 Å². The molecule has 2 amide bonds. The zero-order valence-electron chi connectivity index (χ0n) is 5.63. The number of primary amides is 1. The van der Waals surface area contributed by atoms with E-state index in [0.717, 1.165) is 0 Å². The van der Waals surface area contributed by atoms with Crippen molar-refractivity contribution < 1.29 is 9.90 Å². The van der Waals surface area contributed by atoms with E-state index >= 15 is 0 Å². The van der Waals surface area contributed by atoms with Crippen molar-refractivity contribution in [1.29, 1.82) is 0 Å². The van der Waals surface area contributed by atoms with Crippen LogP contribution in [0.2, 0.25) is 0 Å². The van der Waals surface area contributed by atoms with Gasteiger partial charge < -0.3 is 16.2 Å². The molecule has 0 heterocycles. The third-order valence-electron chi connectivity index (χ3n) is 0.911. The molecule has 0 fully saturated rings. The summed E-state index contributed by atoms with van der Waals surface area (Å²) in [5.41, 5.74) is 4.80. The molecule has 0 atom stereocenters. The van der Waals surface area contributed by atoms with Crippen molar-refractivity contribution in [2.24, 2.45) is 5.73 Å². The Balaban J connectivity index is 3.59. The lowest BCUT2D eigenvalue weighted by molar-refractivity contribution is 0.247. The standard InChI is InChI=1S/C6H11N2O2/c1-2-5(3-4-9)8-6(7)10/h2,9H,1,3-4H2,(H3,7,8,10). The van der Waals surface area contributed by atoms with Crippen LogP contribution < -0.4 is 11.1 Å². The van der Waals surface area contributed by atoms with Crippen molar-refractivity contribution in [2.75, 3.05) is 6.61 Å². The van der Waals surface area contributed by atoms with Crippen LogP contribution in [0.1, 0.15) is 6.42 Å². The fourth-order valence-electron chi connectivity index (χ4n) is 0.494. The summed E-state index contributed by atoms with van der Waals surface area (Å²) in [5, 5.41) is 10.7. The summed E-state index contributed by atoms with van der Waals surface area (Å²) in [7, 11) is 0. The second-order valence-electron chi connectivity index (χ2n) is 1.69. The van der Waals surface area contributed by atoms with Gasteiger partial charge in [-0.25, -0.2) is 4.79 Å². The summed E-state index contributed by atoms with van der Waals surface area (Å²) < 4.78 is 0. The van der Waals surface area contributed by atoms with E-state index in [4.69, 9.17) is 10.8 Å². The van der Waals surface area contributed by atoms with E-state index in [2.05, 4.69) is 11.9 Å². The van der Waals surface area contributed by atoms with Gasteiger partial charge in [-0.2, -0.15) is 0 Å². The van der Waals surface area contributed by atoms with Crippen molar-refractivity contribution >= 4 is 6.03 Å². The maximum Gasteiger partial charge on any atom is 0.312 e. The lowest BCUT2D eigenvalue weighted by Gasteiger charge is -2.08. The molecule has 0 aliphatic rings. The third kappa shape index (κ3) is 3.91. The first-order chi connectivity index (χ1) is 4.70. The maximum atomic E-state index is 10.2. The third-order valence-corrected chi connectivity index (χ3v) is 0.911. The highest BCUT2D eigenvalue weighted by Crippen LogP contribution is 1.99. The summed E-state index contributed by atoms with van der Waals surface area (Å²) in [6.07, 6.45) is 1.81. The number of rotatable bonds is 4. The average molecular weight is 143 g/mol. The summed E-state index contributed by atoms with van der Waals surface area (Å²) >= 11 is 0. The van der Waals surface area contributed by atoms with Crippen LogP contribution in [0.25, 0.3) is 0 Å². The number of amides is 2. The second-order valence-corrected chi connectivity index (χ2v) is 1.69. The smallest absolute Gasteiger partial charge is 0.312 e. The SMILES string of the molecule is C=C[C](CCO)NC(N)=O. The van der Waals surface area contributed by atoms with E-state index in [1.807, 2.05) is 0 Å². The summed E-state index contributed by atoms with van der Waals surface area (Å²) in [4.78, 5) is 10.2. The Morgan fingerprint density at radius 1 is 1.80 bits per heavy atom. The van der Waals surface area contributed by atoms with Gasteiger partial charge in [0.1, 0.15) is 0 Å². The van der Waals surface area contributed by atoms with Crippen molar-refractivity contribution in [3.63, 3.8) is 0 Å². The van der Waals surface area contributed by atoms with Gasteiger partial charge in [-0.1, -0.05) is 6.08 Å². The van der Waals surface area contributed by atoms with Gasteiger partial charge in [-0.3, -0.25) is 0 Å². The molecule has 4 nitrogen and oxygen atoms in total. The van der Waals surface area contributed by atoms with E-state index in [-0.39, 0.29) is 6.61 Å². The minimum atomic E-state index is -0.636. The molecular formula is C6H11N2O2. The van der Waals surface area contributed by atoms with Crippen LogP contribution in [-0.4, -0.2) is 17.7 Å². The van der Waals surface area contributed by atoms with E-state index in [9.17, 15) is 4.79 Å². The predicted octanol–water partition coefficient (Wildman–Crippen LogP) is -0.245. The number of urea groups is 1. The molecule has 0 saturated carbocycles. The van der Waals surface area contributed by atoms with Crippen LogP contribution in [0.5, 0.6) is 0 Å². The molecule has 10 heavy (non-hydrogen) atoms. The quantitative estimate of drug-likeness (QED) is 0.507. The largest absolute Gasteiger partial charge is 0.396 e. The molecular weight excluding hydrogens is 132 g/mol. The molecule has 1 radical (unpaired) electrons. The molecule has 0 aromatic rings. The minimum absolute atomic E-state index is 0.0262. The monoisotopic (exact) mass is 143 g/mol. The number of nitrogens with one attached hydrogen (secondary N) is 1. The Morgan fingerprint density at radius 3 is 2.70 bits per heavy atom. The first-order valence-electron chi connectivity index (χ1n) is 2.86. The molecule has 0 spiro atoms. The average Bonchev–Trinajstić information content (AvgIpc) is 1.86. The van der Waals surface area contributed by atoms with Gasteiger partial charge in [-0.15, -0.1) is 6.58 Å². The Hall–Kier alpha value is -1.03. The van der Waals surface area contributed by atoms with Crippen LogP contribution in [0.15, 0.2) is 12.7 Å². The molecule has 0 aliphatic carbocycles. The van der Waals surface area contributed by atoms with Crippen LogP contribution in [0, 0.1) is 6.04 Å². The molecule has 0 saturated heterocycles. The molecule has 4 N–H and O–H groups in total. The van der Waals surface area contributed by atoms with Crippen LogP contribution in [0.4, 0.5) is 4.79 Å². The fourth-order valence-corrected chi connectivity index (χ4v) is 0.494. The van der Waals surface area contributed by atoms with Crippen molar-refractivity contribution in [3.05, 3.63) is 18.7 Å². The summed E-state index contributed by atoms with van der Waals surface area (Å²) in [6.45, 7) is 3.39. The number of aliphatic hydroxyl groups is 1. The van der Waals surface area contributed by atoms with E-state index < -0.39 is 6.03 Å². The zero-order chi connectivity index (χ0) is 7.98. The Bertz CT molecular complexity index is 125. The normalized spacial score (nSPS) is 9.40. The Labute approximate surface area is 59.7 Å². The van der Waals surface area contributed by atoms with Crippen LogP contribution >= 0.6 is 0 Å². The number of hydrogen-bond acceptors (Lipinski definition) is 2.